The number of nitrogens with zero attached hydrogens (tertiary/aromatic N) is 2. The quantitative estimate of drug-likeness (QED) is 0.844. The molecule has 3 rings (SSSR count). The van der Waals surface area contributed by atoms with Crippen molar-refractivity contribution in [1.29, 1.82) is 0 Å². The van der Waals surface area contributed by atoms with Gasteiger partial charge in [-0.2, -0.15) is 0 Å². The first-order valence-electron chi connectivity index (χ1n) is 6.82. The van der Waals surface area contributed by atoms with Crippen molar-refractivity contribution in [3.63, 3.8) is 0 Å². The molecule has 5 nitrogen and oxygen atoms in total. The molecule has 21 heavy (non-hydrogen) atoms. The number of benzene rings is 1. The number of hydrogen-bond donors (Lipinski definition) is 1. The zero-order valence-corrected chi connectivity index (χ0v) is 11.5. The zero-order valence-electron chi connectivity index (χ0n) is 11.5. The molecule has 5 heteroatoms. The highest BCUT2D eigenvalue weighted by atomic mass is 16.2. The summed E-state index contributed by atoms with van der Waals surface area (Å²) < 4.78 is 0. The number of para-hydroxylation sites is 1. The van der Waals surface area contributed by atoms with Gasteiger partial charge in [0.2, 0.25) is 0 Å². The molecule has 1 aromatic heterocycles. The van der Waals surface area contributed by atoms with Crippen molar-refractivity contribution >= 4 is 17.5 Å². The number of rotatable bonds is 2. The first kappa shape index (κ1) is 13.3. The van der Waals surface area contributed by atoms with E-state index in [0.29, 0.717) is 13.1 Å². The van der Waals surface area contributed by atoms with Crippen LogP contribution in [-0.4, -0.2) is 23.3 Å². The van der Waals surface area contributed by atoms with E-state index >= 15 is 0 Å². The molecule has 2 amide bonds. The van der Waals surface area contributed by atoms with Crippen LogP contribution in [0.15, 0.2) is 48.8 Å². The minimum atomic E-state index is -0.580. The van der Waals surface area contributed by atoms with E-state index in [1.165, 1.54) is 4.90 Å². The molecule has 0 saturated heterocycles. The Kier molecular flexibility index (Phi) is 3.64. The lowest BCUT2D eigenvalue weighted by atomic mass is 10.2. The van der Waals surface area contributed by atoms with E-state index in [1.54, 1.807) is 24.5 Å². The minimum absolute atomic E-state index is 0.322. The fraction of sp³-hybridized carbons (Fsp3) is 0.188. The molecule has 0 fully saturated rings. The van der Waals surface area contributed by atoms with Gasteiger partial charge in [-0.1, -0.05) is 18.2 Å². The number of carbonyl (C=O) groups is 2. The number of pyridine rings is 1. The van der Waals surface area contributed by atoms with Gasteiger partial charge in [-0.3, -0.25) is 14.6 Å². The summed E-state index contributed by atoms with van der Waals surface area (Å²) in [5.74, 6) is -1.09. The second-order valence-corrected chi connectivity index (χ2v) is 4.87. The predicted octanol–water partition coefficient (Wildman–Crippen LogP) is 1.29. The van der Waals surface area contributed by atoms with E-state index in [2.05, 4.69) is 10.3 Å². The normalized spacial score (nSPS) is 12.9. The predicted molar refractivity (Wildman–Crippen MR) is 78.6 cm³/mol. The summed E-state index contributed by atoms with van der Waals surface area (Å²) in [7, 11) is 0. The van der Waals surface area contributed by atoms with E-state index in [4.69, 9.17) is 0 Å². The summed E-state index contributed by atoms with van der Waals surface area (Å²) in [6.07, 6.45) is 4.10. The molecule has 2 aromatic rings. The molecular formula is C16H15N3O2. The Balaban J connectivity index is 1.65. The van der Waals surface area contributed by atoms with Gasteiger partial charge in [-0.05, 0) is 35.7 Å². The van der Waals surface area contributed by atoms with Crippen LogP contribution in [0.1, 0.15) is 11.1 Å². The summed E-state index contributed by atoms with van der Waals surface area (Å²) >= 11 is 0. The van der Waals surface area contributed by atoms with E-state index in [9.17, 15) is 9.59 Å². The van der Waals surface area contributed by atoms with Crippen molar-refractivity contribution in [2.75, 3.05) is 11.4 Å². The number of nitrogens with one attached hydrogen (secondary N) is 1. The van der Waals surface area contributed by atoms with Gasteiger partial charge in [-0.25, -0.2) is 0 Å². The standard InChI is InChI=1S/C16H15N3O2/c20-15(18-11-12-5-8-17-9-6-12)16(21)19-10-7-13-3-1-2-4-14(13)19/h1-6,8-9H,7,10-11H2,(H,18,20). The summed E-state index contributed by atoms with van der Waals surface area (Å²) in [5.41, 5.74) is 2.85. The van der Waals surface area contributed by atoms with E-state index in [0.717, 1.165) is 23.2 Å². The Bertz CT molecular complexity index is 670. The molecule has 0 bridgehead atoms. The Hall–Kier alpha value is -2.69. The first-order valence-corrected chi connectivity index (χ1v) is 6.82. The van der Waals surface area contributed by atoms with Crippen LogP contribution >= 0.6 is 0 Å². The molecule has 0 unspecified atom stereocenters. The third kappa shape index (κ3) is 2.76. The maximum atomic E-state index is 12.2. The van der Waals surface area contributed by atoms with Gasteiger partial charge < -0.3 is 10.2 Å². The fourth-order valence-corrected chi connectivity index (χ4v) is 2.43. The Morgan fingerprint density at radius 1 is 1.14 bits per heavy atom. The average molecular weight is 281 g/mol. The van der Waals surface area contributed by atoms with Crippen LogP contribution in [0.4, 0.5) is 5.69 Å². The van der Waals surface area contributed by atoms with Crippen LogP contribution in [0.25, 0.3) is 0 Å². The molecule has 1 aliphatic rings. The van der Waals surface area contributed by atoms with E-state index in [-0.39, 0.29) is 0 Å². The maximum Gasteiger partial charge on any atom is 0.316 e. The van der Waals surface area contributed by atoms with Gasteiger partial charge in [-0.15, -0.1) is 0 Å². The number of amides is 2. The second-order valence-electron chi connectivity index (χ2n) is 4.87. The molecule has 0 radical (unpaired) electrons. The average Bonchev–Trinajstić information content (AvgIpc) is 2.97. The Morgan fingerprint density at radius 3 is 2.71 bits per heavy atom. The highest BCUT2D eigenvalue weighted by molar-refractivity contribution is 6.40. The molecule has 1 aliphatic heterocycles. The van der Waals surface area contributed by atoms with E-state index in [1.807, 2.05) is 24.3 Å². The van der Waals surface area contributed by atoms with Crippen LogP contribution in [0.2, 0.25) is 0 Å². The van der Waals surface area contributed by atoms with Crippen LogP contribution in [0, 0.1) is 0 Å². The number of anilines is 1. The zero-order chi connectivity index (χ0) is 14.7. The topological polar surface area (TPSA) is 62.3 Å². The van der Waals surface area contributed by atoms with Crippen molar-refractivity contribution in [3.05, 3.63) is 59.9 Å². The molecule has 106 valence electrons. The van der Waals surface area contributed by atoms with Gasteiger partial charge in [0.25, 0.3) is 0 Å². The largest absolute Gasteiger partial charge is 0.344 e. The molecule has 0 aliphatic carbocycles. The second kappa shape index (κ2) is 5.75. The third-order valence-corrected chi connectivity index (χ3v) is 3.53. The minimum Gasteiger partial charge on any atom is -0.344 e. The maximum absolute atomic E-state index is 12.2. The monoisotopic (exact) mass is 281 g/mol. The van der Waals surface area contributed by atoms with Crippen LogP contribution in [0.3, 0.4) is 0 Å². The van der Waals surface area contributed by atoms with Gasteiger partial charge in [0, 0.05) is 31.2 Å². The Labute approximate surface area is 122 Å². The molecule has 0 spiro atoms. The summed E-state index contributed by atoms with van der Waals surface area (Å²) in [5, 5.41) is 2.65. The Morgan fingerprint density at radius 2 is 1.90 bits per heavy atom. The molecule has 0 saturated carbocycles. The fourth-order valence-electron chi connectivity index (χ4n) is 2.43. The van der Waals surface area contributed by atoms with Crippen LogP contribution < -0.4 is 10.2 Å². The lowest BCUT2D eigenvalue weighted by Crippen LogP contribution is -2.42. The van der Waals surface area contributed by atoms with Gasteiger partial charge >= 0.3 is 11.8 Å². The first-order chi connectivity index (χ1) is 10.3. The third-order valence-electron chi connectivity index (χ3n) is 3.53. The number of fused-ring (bicyclic) bond motifs is 1. The van der Waals surface area contributed by atoms with Gasteiger partial charge in [0.05, 0.1) is 0 Å². The van der Waals surface area contributed by atoms with Crippen LogP contribution in [-0.2, 0) is 22.6 Å². The van der Waals surface area contributed by atoms with E-state index < -0.39 is 11.8 Å². The summed E-state index contributed by atoms with van der Waals surface area (Å²) in [6.45, 7) is 0.878. The molecule has 2 heterocycles. The van der Waals surface area contributed by atoms with Crippen molar-refractivity contribution in [2.45, 2.75) is 13.0 Å². The number of carbonyl (C=O) groups excluding carboxylic acids is 2. The molecule has 1 N–H and O–H groups in total. The van der Waals surface area contributed by atoms with Gasteiger partial charge in [0.15, 0.2) is 0 Å². The van der Waals surface area contributed by atoms with Crippen molar-refractivity contribution in [1.82, 2.24) is 10.3 Å². The number of hydrogen-bond acceptors (Lipinski definition) is 3. The smallest absolute Gasteiger partial charge is 0.316 e. The number of aromatic nitrogens is 1. The SMILES string of the molecule is O=C(NCc1ccncc1)C(=O)N1CCc2ccccc21. The van der Waals surface area contributed by atoms with Crippen molar-refractivity contribution in [2.24, 2.45) is 0 Å². The van der Waals surface area contributed by atoms with Crippen molar-refractivity contribution < 1.29 is 9.59 Å². The highest BCUT2D eigenvalue weighted by Crippen LogP contribution is 2.27. The highest BCUT2D eigenvalue weighted by Gasteiger charge is 2.28. The van der Waals surface area contributed by atoms with Gasteiger partial charge in [0.1, 0.15) is 0 Å². The summed E-state index contributed by atoms with van der Waals surface area (Å²) in [6, 6.07) is 11.3. The molecule has 0 atom stereocenters. The lowest BCUT2D eigenvalue weighted by Gasteiger charge is -2.16. The molecule has 1 aromatic carbocycles. The summed E-state index contributed by atoms with van der Waals surface area (Å²) in [4.78, 5) is 29.7. The van der Waals surface area contributed by atoms with Crippen LogP contribution in [0.5, 0.6) is 0 Å². The molecular weight excluding hydrogens is 266 g/mol. The lowest BCUT2D eigenvalue weighted by molar-refractivity contribution is -0.137. The van der Waals surface area contributed by atoms with Crippen molar-refractivity contribution in [3.8, 4) is 0 Å².